The van der Waals surface area contributed by atoms with Gasteiger partial charge in [-0.25, -0.2) is 0 Å². The minimum Gasteiger partial charge on any atom is -0.293 e. The summed E-state index contributed by atoms with van der Waals surface area (Å²) in [4.78, 5) is 6.12. The summed E-state index contributed by atoms with van der Waals surface area (Å²) in [5.74, 6) is 0.600. The molecule has 0 aliphatic heterocycles. The second-order valence-corrected chi connectivity index (χ2v) is 6.93. The summed E-state index contributed by atoms with van der Waals surface area (Å²) in [7, 11) is 0. The average molecular weight is 338 g/mol. The lowest BCUT2D eigenvalue weighted by Crippen LogP contribution is -2.30. The first-order valence-corrected chi connectivity index (χ1v) is 9.38. The molecule has 1 N–H and O–H groups in total. The standard InChI is InChI=1S/C23H31NO/c1-4-11-23(21-14-9-6-10-15-21)25-24-22(18-19(2)3)17-16-20-12-7-5-8-13-20/h5-10,12-17,19,22-24H,4,11,18H2,1-3H3/b17-16+/t22-,23+/m0/s1. The maximum absolute atomic E-state index is 6.12. The smallest absolute Gasteiger partial charge is 0.104 e. The van der Waals surface area contributed by atoms with Crippen LogP contribution in [0, 0.1) is 5.92 Å². The van der Waals surface area contributed by atoms with Gasteiger partial charge in [-0.2, -0.15) is 5.48 Å². The van der Waals surface area contributed by atoms with Gasteiger partial charge in [0.25, 0.3) is 0 Å². The highest BCUT2D eigenvalue weighted by atomic mass is 16.7. The Labute approximate surface area is 152 Å². The molecule has 25 heavy (non-hydrogen) atoms. The predicted octanol–water partition coefficient (Wildman–Crippen LogP) is 6.18. The first-order chi connectivity index (χ1) is 12.2. The molecule has 0 radical (unpaired) electrons. The van der Waals surface area contributed by atoms with Crippen LogP contribution in [0.25, 0.3) is 6.08 Å². The van der Waals surface area contributed by atoms with Gasteiger partial charge in [-0.3, -0.25) is 4.84 Å². The second kappa shape index (κ2) is 10.9. The highest BCUT2D eigenvalue weighted by molar-refractivity contribution is 5.49. The van der Waals surface area contributed by atoms with E-state index in [1.807, 2.05) is 12.1 Å². The monoisotopic (exact) mass is 337 g/mol. The highest BCUT2D eigenvalue weighted by Crippen LogP contribution is 2.22. The van der Waals surface area contributed by atoms with Crippen molar-refractivity contribution in [1.29, 1.82) is 0 Å². The molecule has 0 bridgehead atoms. The van der Waals surface area contributed by atoms with Crippen LogP contribution in [0.5, 0.6) is 0 Å². The number of hydrogen-bond acceptors (Lipinski definition) is 2. The molecule has 2 nitrogen and oxygen atoms in total. The molecule has 2 rings (SSSR count). The van der Waals surface area contributed by atoms with Crippen LogP contribution in [0.15, 0.2) is 66.7 Å². The maximum Gasteiger partial charge on any atom is 0.104 e. The van der Waals surface area contributed by atoms with Crippen molar-refractivity contribution in [2.75, 3.05) is 0 Å². The SMILES string of the molecule is CCC[C@@H](ON[C@@H](/C=C/c1ccccc1)CC(C)C)c1ccccc1. The summed E-state index contributed by atoms with van der Waals surface area (Å²) in [5.41, 5.74) is 5.76. The Morgan fingerprint density at radius 2 is 1.60 bits per heavy atom. The molecule has 0 saturated carbocycles. The number of hydrogen-bond donors (Lipinski definition) is 1. The normalized spacial score (nSPS) is 14.1. The first-order valence-electron chi connectivity index (χ1n) is 9.38. The molecule has 0 spiro atoms. The fourth-order valence-electron chi connectivity index (χ4n) is 2.86. The summed E-state index contributed by atoms with van der Waals surface area (Å²) in [5, 5.41) is 0. The molecule has 2 aromatic carbocycles. The van der Waals surface area contributed by atoms with Crippen LogP contribution in [0.1, 0.15) is 57.3 Å². The van der Waals surface area contributed by atoms with Crippen LogP contribution in [-0.4, -0.2) is 6.04 Å². The van der Waals surface area contributed by atoms with Gasteiger partial charge in [-0.1, -0.05) is 100 Å². The summed E-state index contributed by atoms with van der Waals surface area (Å²) < 4.78 is 0. The predicted molar refractivity (Wildman–Crippen MR) is 107 cm³/mol. The van der Waals surface area contributed by atoms with Crippen molar-refractivity contribution in [2.45, 2.75) is 52.2 Å². The van der Waals surface area contributed by atoms with Crippen LogP contribution in [0.3, 0.4) is 0 Å². The van der Waals surface area contributed by atoms with Gasteiger partial charge in [0.1, 0.15) is 6.10 Å². The van der Waals surface area contributed by atoms with Crippen molar-refractivity contribution in [3.8, 4) is 0 Å². The van der Waals surface area contributed by atoms with Crippen molar-refractivity contribution in [1.82, 2.24) is 5.48 Å². The largest absolute Gasteiger partial charge is 0.293 e. The third-order valence-corrected chi connectivity index (χ3v) is 4.13. The van der Waals surface area contributed by atoms with Crippen molar-refractivity contribution < 1.29 is 4.84 Å². The molecule has 0 aliphatic rings. The van der Waals surface area contributed by atoms with E-state index in [0.29, 0.717) is 5.92 Å². The van der Waals surface area contributed by atoms with E-state index < -0.39 is 0 Å². The molecule has 0 heterocycles. The zero-order valence-corrected chi connectivity index (χ0v) is 15.7. The van der Waals surface area contributed by atoms with Gasteiger partial charge in [0.2, 0.25) is 0 Å². The van der Waals surface area contributed by atoms with Gasteiger partial charge in [0.05, 0.1) is 6.04 Å². The van der Waals surface area contributed by atoms with Gasteiger partial charge in [-0.05, 0) is 29.9 Å². The average Bonchev–Trinajstić information content (AvgIpc) is 2.64. The Balaban J connectivity index is 2.01. The molecule has 2 aromatic rings. The molecular weight excluding hydrogens is 306 g/mol. The van der Waals surface area contributed by atoms with Gasteiger partial charge >= 0.3 is 0 Å². The van der Waals surface area contributed by atoms with Crippen molar-refractivity contribution >= 4 is 6.08 Å². The summed E-state index contributed by atoms with van der Waals surface area (Å²) in [6.45, 7) is 6.68. The van der Waals surface area contributed by atoms with E-state index in [1.54, 1.807) is 0 Å². The lowest BCUT2D eigenvalue weighted by Gasteiger charge is -2.23. The maximum atomic E-state index is 6.12. The Morgan fingerprint density at radius 3 is 2.20 bits per heavy atom. The van der Waals surface area contributed by atoms with Crippen LogP contribution >= 0.6 is 0 Å². The molecule has 0 saturated heterocycles. The van der Waals surface area contributed by atoms with E-state index in [2.05, 4.69) is 86.9 Å². The fraction of sp³-hybridized carbons (Fsp3) is 0.391. The summed E-state index contributed by atoms with van der Waals surface area (Å²) >= 11 is 0. The van der Waals surface area contributed by atoms with Gasteiger partial charge in [0.15, 0.2) is 0 Å². The fourth-order valence-corrected chi connectivity index (χ4v) is 2.86. The van der Waals surface area contributed by atoms with E-state index >= 15 is 0 Å². The summed E-state index contributed by atoms with van der Waals surface area (Å²) in [6.07, 6.45) is 7.61. The molecule has 0 unspecified atom stereocenters. The third-order valence-electron chi connectivity index (χ3n) is 4.13. The Hall–Kier alpha value is -1.90. The topological polar surface area (TPSA) is 21.3 Å². The lowest BCUT2D eigenvalue weighted by molar-refractivity contribution is -0.0449. The zero-order valence-electron chi connectivity index (χ0n) is 15.7. The van der Waals surface area contributed by atoms with E-state index in [4.69, 9.17) is 4.84 Å². The molecule has 134 valence electrons. The van der Waals surface area contributed by atoms with Crippen LogP contribution in [0.2, 0.25) is 0 Å². The highest BCUT2D eigenvalue weighted by Gasteiger charge is 2.14. The van der Waals surface area contributed by atoms with Crippen molar-refractivity contribution in [2.24, 2.45) is 5.92 Å². The Kier molecular flexibility index (Phi) is 8.44. The molecule has 0 fully saturated rings. The van der Waals surface area contributed by atoms with E-state index in [9.17, 15) is 0 Å². The Morgan fingerprint density at radius 1 is 0.960 bits per heavy atom. The number of benzene rings is 2. The second-order valence-electron chi connectivity index (χ2n) is 6.93. The summed E-state index contributed by atoms with van der Waals surface area (Å²) in [6, 6.07) is 21.1. The third kappa shape index (κ3) is 7.25. The van der Waals surface area contributed by atoms with E-state index in [1.165, 1.54) is 11.1 Å². The minimum atomic E-state index is 0.0889. The van der Waals surface area contributed by atoms with E-state index in [-0.39, 0.29) is 12.1 Å². The van der Waals surface area contributed by atoms with Gasteiger partial charge < -0.3 is 0 Å². The lowest BCUT2D eigenvalue weighted by atomic mass is 10.0. The van der Waals surface area contributed by atoms with Crippen molar-refractivity contribution in [3.05, 3.63) is 77.9 Å². The number of nitrogens with one attached hydrogen (secondary N) is 1. The molecular formula is C23H31NO. The molecule has 2 atom stereocenters. The van der Waals surface area contributed by atoms with E-state index in [0.717, 1.165) is 19.3 Å². The van der Waals surface area contributed by atoms with Crippen LogP contribution in [-0.2, 0) is 4.84 Å². The van der Waals surface area contributed by atoms with Gasteiger partial charge in [-0.15, -0.1) is 0 Å². The molecule has 0 amide bonds. The Bertz CT molecular complexity index is 607. The van der Waals surface area contributed by atoms with Crippen molar-refractivity contribution in [3.63, 3.8) is 0 Å². The first kappa shape index (κ1) is 19.4. The molecule has 0 aromatic heterocycles. The quantitative estimate of drug-likeness (QED) is 0.523. The van der Waals surface area contributed by atoms with Gasteiger partial charge in [0, 0.05) is 0 Å². The van der Waals surface area contributed by atoms with Crippen LogP contribution in [0.4, 0.5) is 0 Å². The zero-order chi connectivity index (χ0) is 17.9. The minimum absolute atomic E-state index is 0.0889. The van der Waals surface area contributed by atoms with Crippen LogP contribution < -0.4 is 5.48 Å². The molecule has 2 heteroatoms. The number of hydroxylamine groups is 1. The molecule has 0 aliphatic carbocycles. The number of rotatable bonds is 10.